The molecule has 3 N–H and O–H groups in total. The van der Waals surface area contributed by atoms with Gasteiger partial charge >= 0.3 is 0 Å². The van der Waals surface area contributed by atoms with Crippen LogP contribution in [0.4, 0.5) is 0 Å². The first-order valence-electron chi connectivity index (χ1n) is 6.95. The molecule has 1 aromatic carbocycles. The molecule has 0 aliphatic carbocycles. The number of carbonyl (C=O) groups excluding carboxylic acids is 1. The highest BCUT2D eigenvalue weighted by atomic mass is 35.5. The highest BCUT2D eigenvalue weighted by Gasteiger charge is 2.28. The van der Waals surface area contributed by atoms with Gasteiger partial charge in [0.1, 0.15) is 6.04 Å². The molecular formula is C15H17ClN4O. The van der Waals surface area contributed by atoms with Gasteiger partial charge in [-0.25, -0.2) is 0 Å². The van der Waals surface area contributed by atoms with Crippen LogP contribution in [0.2, 0.25) is 5.02 Å². The van der Waals surface area contributed by atoms with Crippen molar-refractivity contribution >= 4 is 28.4 Å². The average molecular weight is 305 g/mol. The summed E-state index contributed by atoms with van der Waals surface area (Å²) in [6.07, 6.45) is 1.71. The summed E-state index contributed by atoms with van der Waals surface area (Å²) < 4.78 is 0. The summed E-state index contributed by atoms with van der Waals surface area (Å²) in [6.45, 7) is 3.26. The normalized spacial score (nSPS) is 17.8. The Morgan fingerprint density at radius 3 is 2.81 bits per heavy atom. The molecule has 1 aliphatic rings. The van der Waals surface area contributed by atoms with Gasteiger partial charge in [0.25, 0.3) is 0 Å². The van der Waals surface area contributed by atoms with Crippen LogP contribution < -0.4 is 11.1 Å². The highest BCUT2D eigenvalue weighted by molar-refractivity contribution is 6.35. The van der Waals surface area contributed by atoms with Crippen LogP contribution in [0.15, 0.2) is 30.5 Å². The third-order valence-electron chi connectivity index (χ3n) is 3.83. The molecule has 0 radical (unpaired) electrons. The van der Waals surface area contributed by atoms with Crippen molar-refractivity contribution in [2.75, 3.05) is 26.2 Å². The molecule has 21 heavy (non-hydrogen) atoms. The van der Waals surface area contributed by atoms with Crippen LogP contribution >= 0.6 is 11.6 Å². The van der Waals surface area contributed by atoms with E-state index in [0.717, 1.165) is 42.6 Å². The quantitative estimate of drug-likeness (QED) is 0.897. The minimum absolute atomic E-state index is 0.355. The van der Waals surface area contributed by atoms with Gasteiger partial charge < -0.3 is 11.1 Å². The lowest BCUT2D eigenvalue weighted by Crippen LogP contribution is -2.48. The number of fused-ring (bicyclic) bond motifs is 1. The number of halogens is 1. The van der Waals surface area contributed by atoms with E-state index in [2.05, 4.69) is 15.2 Å². The monoisotopic (exact) mass is 304 g/mol. The second kappa shape index (κ2) is 5.97. The molecule has 1 saturated heterocycles. The molecule has 1 unspecified atom stereocenters. The van der Waals surface area contributed by atoms with E-state index >= 15 is 0 Å². The molecule has 1 atom stereocenters. The Hall–Kier alpha value is -1.69. The van der Waals surface area contributed by atoms with E-state index in [9.17, 15) is 4.79 Å². The van der Waals surface area contributed by atoms with Gasteiger partial charge in [0.15, 0.2) is 0 Å². The van der Waals surface area contributed by atoms with Crippen LogP contribution in [0.3, 0.4) is 0 Å². The van der Waals surface area contributed by atoms with Crippen molar-refractivity contribution in [3.05, 3.63) is 41.0 Å². The van der Waals surface area contributed by atoms with E-state index in [4.69, 9.17) is 17.3 Å². The highest BCUT2D eigenvalue weighted by Crippen LogP contribution is 2.31. The van der Waals surface area contributed by atoms with Crippen LogP contribution in [0.5, 0.6) is 0 Å². The van der Waals surface area contributed by atoms with Crippen molar-refractivity contribution in [3.63, 3.8) is 0 Å². The van der Waals surface area contributed by atoms with Gasteiger partial charge in [-0.05, 0) is 18.2 Å². The van der Waals surface area contributed by atoms with Gasteiger partial charge in [-0.1, -0.05) is 17.7 Å². The largest absolute Gasteiger partial charge is 0.368 e. The lowest BCUT2D eigenvalue weighted by atomic mass is 10.00. The van der Waals surface area contributed by atoms with E-state index in [-0.39, 0.29) is 5.91 Å². The summed E-state index contributed by atoms with van der Waals surface area (Å²) in [5.41, 5.74) is 7.23. The van der Waals surface area contributed by atoms with E-state index in [0.29, 0.717) is 5.02 Å². The number of hydrogen-bond acceptors (Lipinski definition) is 4. The lowest BCUT2D eigenvalue weighted by molar-refractivity contribution is -0.123. The maximum absolute atomic E-state index is 12.0. The number of nitrogens with zero attached hydrogens (tertiary/aromatic N) is 2. The van der Waals surface area contributed by atoms with Crippen LogP contribution in [-0.4, -0.2) is 42.0 Å². The Labute approximate surface area is 128 Å². The predicted molar refractivity (Wildman–Crippen MR) is 83.1 cm³/mol. The molecule has 2 aromatic rings. The summed E-state index contributed by atoms with van der Waals surface area (Å²) in [4.78, 5) is 18.5. The molecule has 1 amide bonds. The Kier molecular flexibility index (Phi) is 4.05. The summed E-state index contributed by atoms with van der Waals surface area (Å²) >= 11 is 6.22. The maximum Gasteiger partial charge on any atom is 0.239 e. The van der Waals surface area contributed by atoms with E-state index in [1.165, 1.54) is 0 Å². The van der Waals surface area contributed by atoms with Crippen molar-refractivity contribution in [1.29, 1.82) is 0 Å². The molecule has 0 bridgehead atoms. The third kappa shape index (κ3) is 2.72. The molecule has 6 heteroatoms. The third-order valence-corrected chi connectivity index (χ3v) is 4.16. The van der Waals surface area contributed by atoms with Crippen LogP contribution in [0.25, 0.3) is 10.9 Å². The number of aromatic nitrogens is 1. The van der Waals surface area contributed by atoms with Crippen LogP contribution in [-0.2, 0) is 4.79 Å². The molecule has 2 heterocycles. The van der Waals surface area contributed by atoms with Gasteiger partial charge in [0.05, 0.1) is 5.52 Å². The summed E-state index contributed by atoms with van der Waals surface area (Å²) in [5, 5.41) is 4.75. The first-order valence-corrected chi connectivity index (χ1v) is 7.33. The lowest BCUT2D eigenvalue weighted by Gasteiger charge is -2.33. The summed E-state index contributed by atoms with van der Waals surface area (Å²) in [7, 11) is 0. The van der Waals surface area contributed by atoms with Crippen molar-refractivity contribution in [1.82, 2.24) is 15.2 Å². The number of primary amides is 1. The molecule has 0 saturated carbocycles. The van der Waals surface area contributed by atoms with Crippen molar-refractivity contribution < 1.29 is 4.79 Å². The van der Waals surface area contributed by atoms with Gasteiger partial charge in [-0.3, -0.25) is 14.7 Å². The summed E-state index contributed by atoms with van der Waals surface area (Å²) in [6, 6.07) is 6.93. The fraction of sp³-hybridized carbons (Fsp3) is 0.333. The Bertz CT molecular complexity index is 670. The minimum Gasteiger partial charge on any atom is -0.368 e. The van der Waals surface area contributed by atoms with E-state index < -0.39 is 6.04 Å². The predicted octanol–water partition coefficient (Wildman–Crippen LogP) is 1.32. The number of hydrogen-bond donors (Lipinski definition) is 2. The average Bonchev–Trinajstić information content (AvgIpc) is 2.51. The number of carbonyl (C=O) groups is 1. The van der Waals surface area contributed by atoms with Gasteiger partial charge in [0, 0.05) is 48.3 Å². The number of amides is 1. The van der Waals surface area contributed by atoms with Crippen LogP contribution in [0, 0.1) is 0 Å². The van der Waals surface area contributed by atoms with Crippen LogP contribution in [0.1, 0.15) is 11.6 Å². The van der Waals surface area contributed by atoms with Gasteiger partial charge in [-0.15, -0.1) is 0 Å². The number of piperazine rings is 1. The Morgan fingerprint density at radius 1 is 1.33 bits per heavy atom. The minimum atomic E-state index is -0.471. The number of pyridine rings is 1. The van der Waals surface area contributed by atoms with Crippen molar-refractivity contribution in [3.8, 4) is 0 Å². The molecule has 5 nitrogen and oxygen atoms in total. The fourth-order valence-electron chi connectivity index (χ4n) is 2.85. The zero-order valence-corrected chi connectivity index (χ0v) is 12.3. The van der Waals surface area contributed by atoms with E-state index in [1.807, 2.05) is 18.2 Å². The SMILES string of the molecule is NC(=O)C(c1ccc(Cl)c2cccnc12)N1CCNCC1. The molecular weight excluding hydrogens is 288 g/mol. The zero-order valence-electron chi connectivity index (χ0n) is 11.6. The Balaban J connectivity index is 2.11. The smallest absolute Gasteiger partial charge is 0.239 e. The second-order valence-corrected chi connectivity index (χ2v) is 5.53. The first kappa shape index (κ1) is 14.3. The van der Waals surface area contributed by atoms with Gasteiger partial charge in [-0.2, -0.15) is 0 Å². The van der Waals surface area contributed by atoms with Crippen molar-refractivity contribution in [2.24, 2.45) is 5.73 Å². The second-order valence-electron chi connectivity index (χ2n) is 5.13. The molecule has 0 spiro atoms. The van der Waals surface area contributed by atoms with Crippen molar-refractivity contribution in [2.45, 2.75) is 6.04 Å². The number of nitrogens with two attached hydrogens (primary N) is 1. The molecule has 110 valence electrons. The van der Waals surface area contributed by atoms with E-state index in [1.54, 1.807) is 12.3 Å². The maximum atomic E-state index is 12.0. The standard InChI is InChI=1S/C15H17ClN4O/c16-12-4-3-11(13-10(12)2-1-5-19-13)14(15(17)21)20-8-6-18-7-9-20/h1-5,14,18H,6-9H2,(H2,17,21). The number of benzene rings is 1. The summed E-state index contributed by atoms with van der Waals surface area (Å²) in [5.74, 6) is -0.355. The fourth-order valence-corrected chi connectivity index (χ4v) is 3.07. The first-order chi connectivity index (χ1) is 10.2. The zero-order chi connectivity index (χ0) is 14.8. The topological polar surface area (TPSA) is 71.2 Å². The Morgan fingerprint density at radius 2 is 2.10 bits per heavy atom. The van der Waals surface area contributed by atoms with Gasteiger partial charge in [0.2, 0.25) is 5.91 Å². The molecule has 1 aliphatic heterocycles. The number of nitrogens with one attached hydrogen (secondary N) is 1. The molecule has 1 fully saturated rings. The number of rotatable bonds is 3. The molecule has 1 aromatic heterocycles. The molecule has 3 rings (SSSR count).